The smallest absolute Gasteiger partial charge is 0.370 e. The number of guanidine groups is 1. The van der Waals surface area contributed by atoms with E-state index in [1.807, 2.05) is 26.0 Å². The fourth-order valence-electron chi connectivity index (χ4n) is 4.85. The number of H-pyrrole nitrogens is 1. The number of rotatable bonds is 12. The lowest BCUT2D eigenvalue weighted by Gasteiger charge is -2.15. The van der Waals surface area contributed by atoms with Crippen LogP contribution in [-0.4, -0.2) is 39.6 Å². The van der Waals surface area contributed by atoms with E-state index in [9.17, 15) is 18.0 Å². The van der Waals surface area contributed by atoms with E-state index < -0.39 is 23.2 Å². The lowest BCUT2D eigenvalue weighted by Crippen LogP contribution is -2.32. The van der Waals surface area contributed by atoms with Crippen LogP contribution >= 0.6 is 0 Å². The van der Waals surface area contributed by atoms with Crippen molar-refractivity contribution in [2.75, 3.05) is 13.1 Å². The third kappa shape index (κ3) is 7.99. The quantitative estimate of drug-likeness (QED) is 0.0599. The second-order valence-electron chi connectivity index (χ2n) is 10.7. The van der Waals surface area contributed by atoms with Gasteiger partial charge in [-0.3, -0.25) is 9.98 Å². The van der Waals surface area contributed by atoms with Crippen LogP contribution in [0, 0.1) is 11.2 Å². The SMILES string of the molecule is C[C@H](N)CCCc1cc(-c2cc3cn(-c4ccc([C@H](C)NCCCNC(=N)N)cc4)c(=O)nc3[nH]2)c(F)c(C(F)(F)F)c1. The fraction of sp³-hybridized carbons (Fsp3) is 0.367. The first-order chi connectivity index (χ1) is 20.3. The molecule has 9 nitrogen and oxygen atoms in total. The zero-order valence-electron chi connectivity index (χ0n) is 24.0. The van der Waals surface area contributed by atoms with Gasteiger partial charge in [-0.05, 0) is 87.5 Å². The second-order valence-corrected chi connectivity index (χ2v) is 10.7. The number of aromatic amines is 1. The van der Waals surface area contributed by atoms with Crippen LogP contribution < -0.4 is 27.8 Å². The van der Waals surface area contributed by atoms with Gasteiger partial charge in [0.15, 0.2) is 5.96 Å². The molecule has 0 aliphatic carbocycles. The number of hydrogen-bond acceptors (Lipinski definition) is 5. The van der Waals surface area contributed by atoms with Crippen LogP contribution in [0.1, 0.15) is 55.8 Å². The molecule has 0 fully saturated rings. The molecule has 230 valence electrons. The number of fused-ring (bicyclic) bond motifs is 1. The molecule has 2 heterocycles. The zero-order valence-corrected chi connectivity index (χ0v) is 24.0. The Kier molecular flexibility index (Phi) is 9.87. The average molecular weight is 601 g/mol. The van der Waals surface area contributed by atoms with E-state index >= 15 is 4.39 Å². The van der Waals surface area contributed by atoms with Gasteiger partial charge in [-0.1, -0.05) is 12.1 Å². The normalized spacial score (nSPS) is 13.3. The van der Waals surface area contributed by atoms with Gasteiger partial charge in [0.25, 0.3) is 0 Å². The molecule has 2 aromatic carbocycles. The van der Waals surface area contributed by atoms with E-state index in [1.54, 1.807) is 12.1 Å². The molecule has 0 radical (unpaired) electrons. The number of alkyl halides is 3. The van der Waals surface area contributed by atoms with Crippen LogP contribution in [0.5, 0.6) is 0 Å². The summed E-state index contributed by atoms with van der Waals surface area (Å²) in [5.74, 6) is -1.46. The molecule has 2 aromatic heterocycles. The monoisotopic (exact) mass is 600 g/mol. The molecule has 0 aliphatic rings. The van der Waals surface area contributed by atoms with Crippen molar-refractivity contribution in [1.82, 2.24) is 25.2 Å². The van der Waals surface area contributed by atoms with Crippen molar-refractivity contribution in [1.29, 1.82) is 5.41 Å². The highest BCUT2D eigenvalue weighted by Gasteiger charge is 2.36. The molecule has 4 rings (SSSR count). The lowest BCUT2D eigenvalue weighted by molar-refractivity contribution is -0.140. The van der Waals surface area contributed by atoms with Gasteiger partial charge < -0.3 is 27.1 Å². The first-order valence-corrected chi connectivity index (χ1v) is 14.0. The molecule has 2 atom stereocenters. The minimum absolute atomic E-state index is 0.0295. The summed E-state index contributed by atoms with van der Waals surface area (Å²) in [6, 6.07) is 11.0. The van der Waals surface area contributed by atoms with Crippen LogP contribution in [0.3, 0.4) is 0 Å². The summed E-state index contributed by atoms with van der Waals surface area (Å²) in [6.07, 6.45) is -1.09. The summed E-state index contributed by atoms with van der Waals surface area (Å²) in [5, 5.41) is 13.7. The second kappa shape index (κ2) is 13.4. The molecule has 0 saturated carbocycles. The maximum Gasteiger partial charge on any atom is 0.419 e. The Morgan fingerprint density at radius 2 is 1.84 bits per heavy atom. The predicted octanol–water partition coefficient (Wildman–Crippen LogP) is 4.73. The standard InChI is InChI=1S/C30H36F4N8O/c1-17(35)5-3-6-19-13-23(26(31)24(14-19)30(32,33)34)25-15-21-16-42(29(43)41-27(21)40-25)22-9-7-20(8-10-22)18(2)38-11-4-12-39-28(36)37/h7-10,13-18,38H,3-6,11-12,35H2,1-2H3,(H4,36,37,39)(H,40,41,43)/t17-,18-/m0/s1. The lowest BCUT2D eigenvalue weighted by atomic mass is 9.98. The van der Waals surface area contributed by atoms with Crippen LogP contribution in [0.4, 0.5) is 17.6 Å². The minimum atomic E-state index is -4.88. The zero-order chi connectivity index (χ0) is 31.3. The minimum Gasteiger partial charge on any atom is -0.370 e. The number of nitrogens with one attached hydrogen (secondary N) is 4. The summed E-state index contributed by atoms with van der Waals surface area (Å²) in [7, 11) is 0. The highest BCUT2D eigenvalue weighted by molar-refractivity contribution is 5.83. The summed E-state index contributed by atoms with van der Waals surface area (Å²) >= 11 is 0. The highest BCUT2D eigenvalue weighted by atomic mass is 19.4. The van der Waals surface area contributed by atoms with Gasteiger partial charge in [0.2, 0.25) is 0 Å². The maximum atomic E-state index is 15.2. The molecule has 0 aliphatic heterocycles. The van der Waals surface area contributed by atoms with Crippen molar-refractivity contribution in [2.24, 2.45) is 11.5 Å². The number of aryl methyl sites for hydroxylation is 1. The molecule has 0 spiro atoms. The predicted molar refractivity (Wildman–Crippen MR) is 160 cm³/mol. The van der Waals surface area contributed by atoms with Crippen LogP contribution in [0.15, 0.2) is 53.5 Å². The molecule has 4 aromatic rings. The van der Waals surface area contributed by atoms with E-state index in [0.717, 1.165) is 18.1 Å². The Labute approximate surface area is 246 Å². The van der Waals surface area contributed by atoms with Gasteiger partial charge in [0.05, 0.1) is 16.9 Å². The summed E-state index contributed by atoms with van der Waals surface area (Å²) in [5.41, 5.74) is 11.0. The van der Waals surface area contributed by atoms with Crippen LogP contribution in [0.2, 0.25) is 0 Å². The van der Waals surface area contributed by atoms with Gasteiger partial charge in [-0.25, -0.2) is 9.18 Å². The van der Waals surface area contributed by atoms with E-state index in [0.29, 0.717) is 49.0 Å². The third-order valence-corrected chi connectivity index (χ3v) is 7.15. The fourth-order valence-corrected chi connectivity index (χ4v) is 4.85. The Morgan fingerprint density at radius 1 is 1.12 bits per heavy atom. The number of halogens is 4. The van der Waals surface area contributed by atoms with Crippen molar-refractivity contribution in [3.05, 3.63) is 81.7 Å². The van der Waals surface area contributed by atoms with E-state index in [4.69, 9.17) is 16.9 Å². The van der Waals surface area contributed by atoms with Crippen molar-refractivity contribution < 1.29 is 17.6 Å². The number of aromatic nitrogens is 3. The van der Waals surface area contributed by atoms with E-state index in [-0.39, 0.29) is 34.9 Å². The summed E-state index contributed by atoms with van der Waals surface area (Å²) in [6.45, 7) is 5.12. The number of nitrogens with two attached hydrogens (primary N) is 2. The average Bonchev–Trinajstić information content (AvgIpc) is 3.34. The molecule has 13 heteroatoms. The van der Waals surface area contributed by atoms with Gasteiger partial charge in [-0.15, -0.1) is 0 Å². The Morgan fingerprint density at radius 3 is 2.49 bits per heavy atom. The molecule has 0 saturated heterocycles. The van der Waals surface area contributed by atoms with Crippen molar-refractivity contribution in [3.63, 3.8) is 0 Å². The van der Waals surface area contributed by atoms with Gasteiger partial charge in [0.1, 0.15) is 11.5 Å². The molecule has 8 N–H and O–H groups in total. The Bertz CT molecular complexity index is 1630. The van der Waals surface area contributed by atoms with Gasteiger partial charge >= 0.3 is 11.9 Å². The highest BCUT2D eigenvalue weighted by Crippen LogP contribution is 2.37. The van der Waals surface area contributed by atoms with Crippen molar-refractivity contribution in [2.45, 2.75) is 57.8 Å². The number of hydrogen-bond donors (Lipinski definition) is 6. The van der Waals surface area contributed by atoms with Gasteiger partial charge in [-0.2, -0.15) is 18.2 Å². The molecule has 0 unspecified atom stereocenters. The largest absolute Gasteiger partial charge is 0.419 e. The summed E-state index contributed by atoms with van der Waals surface area (Å²) < 4.78 is 57.7. The molecule has 0 bridgehead atoms. The Hall–Kier alpha value is -4.23. The Balaban J connectivity index is 1.59. The molecular weight excluding hydrogens is 564 g/mol. The maximum absolute atomic E-state index is 15.2. The van der Waals surface area contributed by atoms with Crippen molar-refractivity contribution in [3.8, 4) is 16.9 Å². The van der Waals surface area contributed by atoms with Crippen LogP contribution in [-0.2, 0) is 12.6 Å². The van der Waals surface area contributed by atoms with E-state index in [2.05, 4.69) is 20.6 Å². The number of benzene rings is 2. The number of nitrogens with zero attached hydrogens (tertiary/aromatic N) is 2. The topological polar surface area (TPSA) is 151 Å². The third-order valence-electron chi connectivity index (χ3n) is 7.15. The molecule has 43 heavy (non-hydrogen) atoms. The molecular formula is C30H36F4N8O. The summed E-state index contributed by atoms with van der Waals surface area (Å²) in [4.78, 5) is 19.8. The first kappa shape index (κ1) is 31.7. The first-order valence-electron chi connectivity index (χ1n) is 14.0. The molecule has 0 amide bonds. The van der Waals surface area contributed by atoms with E-state index in [1.165, 1.54) is 22.9 Å². The van der Waals surface area contributed by atoms with Crippen molar-refractivity contribution >= 4 is 17.0 Å². The van der Waals surface area contributed by atoms with Gasteiger partial charge in [0, 0.05) is 35.8 Å². The van der Waals surface area contributed by atoms with Crippen LogP contribution in [0.25, 0.3) is 28.0 Å².